The molecule has 1 heterocycles. The number of nitrogens with one attached hydrogen (secondary N) is 1. The van der Waals surface area contributed by atoms with Crippen molar-refractivity contribution in [1.29, 1.82) is 0 Å². The largest absolute Gasteiger partial charge is 0.493 e. The minimum atomic E-state index is -0.622. The van der Waals surface area contributed by atoms with E-state index in [9.17, 15) is 9.59 Å². The lowest BCUT2D eigenvalue weighted by Crippen LogP contribution is -2.36. The van der Waals surface area contributed by atoms with Crippen LogP contribution in [0.4, 0.5) is 0 Å². The topological polar surface area (TPSA) is 83.1 Å². The number of ether oxygens (including phenoxy) is 4. The van der Waals surface area contributed by atoms with E-state index >= 15 is 0 Å². The molecule has 0 spiro atoms. The van der Waals surface area contributed by atoms with E-state index in [1.165, 1.54) is 0 Å². The highest BCUT2D eigenvalue weighted by Crippen LogP contribution is 2.48. The fourth-order valence-electron chi connectivity index (χ4n) is 5.96. The van der Waals surface area contributed by atoms with E-state index in [4.69, 9.17) is 18.9 Å². The lowest BCUT2D eigenvalue weighted by Gasteiger charge is -2.37. The number of esters is 1. The Morgan fingerprint density at radius 2 is 1.68 bits per heavy atom. The first-order chi connectivity index (χ1) is 21.4. The van der Waals surface area contributed by atoms with Crippen LogP contribution in [-0.4, -0.2) is 44.1 Å². The van der Waals surface area contributed by atoms with Crippen molar-refractivity contribution in [3.8, 4) is 17.2 Å². The Bertz CT molecular complexity index is 1560. The highest BCUT2D eigenvalue weighted by atomic mass is 32.2. The van der Waals surface area contributed by atoms with Crippen LogP contribution in [0, 0.1) is 0 Å². The molecule has 3 aromatic carbocycles. The van der Waals surface area contributed by atoms with Crippen molar-refractivity contribution in [2.75, 3.05) is 32.3 Å². The summed E-state index contributed by atoms with van der Waals surface area (Å²) in [6.45, 7) is 4.62. The van der Waals surface area contributed by atoms with Gasteiger partial charge in [-0.15, -0.1) is 0 Å². The SMILES string of the molecule is CCSCCOC(=O)C1=C(C)NC2=C(C(=O)C[C@H](c3ccc(OC)c(OC)c3)C2)[C@@H]1c1ccccc1OCc1ccccc1. The van der Waals surface area contributed by atoms with Gasteiger partial charge in [-0.2, -0.15) is 11.8 Å². The summed E-state index contributed by atoms with van der Waals surface area (Å²) < 4.78 is 23.1. The van der Waals surface area contributed by atoms with Gasteiger partial charge in [0.2, 0.25) is 0 Å². The quantitative estimate of drug-likeness (QED) is 0.174. The number of thioether (sulfide) groups is 1. The first-order valence-corrected chi connectivity index (χ1v) is 16.1. The second-order valence-electron chi connectivity index (χ2n) is 10.8. The second kappa shape index (κ2) is 14.5. The summed E-state index contributed by atoms with van der Waals surface area (Å²) in [5.74, 6) is 2.43. The number of allylic oxidation sites excluding steroid dienone is 3. The molecule has 1 N–H and O–H groups in total. The number of benzene rings is 3. The minimum absolute atomic E-state index is 0.0132. The standard InChI is InChI=1S/C36H39NO6S/c1-5-44-18-17-42-36(39)33-23(2)37-28-19-26(25-15-16-31(40-3)32(21-25)41-4)20-29(38)35(28)34(33)27-13-9-10-14-30(27)43-22-24-11-7-6-8-12-24/h6-16,21,26,34,37H,5,17-20,22H2,1-4H3/t26-,34-/m1/s1. The third kappa shape index (κ3) is 6.81. The molecular weight excluding hydrogens is 574 g/mol. The summed E-state index contributed by atoms with van der Waals surface area (Å²) in [5, 5.41) is 3.44. The summed E-state index contributed by atoms with van der Waals surface area (Å²) in [5.41, 5.74) is 5.33. The zero-order valence-electron chi connectivity index (χ0n) is 25.7. The van der Waals surface area contributed by atoms with Crippen molar-refractivity contribution in [3.63, 3.8) is 0 Å². The third-order valence-electron chi connectivity index (χ3n) is 8.06. The van der Waals surface area contributed by atoms with Gasteiger partial charge < -0.3 is 24.3 Å². The number of dihydropyridines is 1. The van der Waals surface area contributed by atoms with Crippen LogP contribution in [0.5, 0.6) is 17.2 Å². The molecule has 0 bridgehead atoms. The Labute approximate surface area is 263 Å². The molecule has 1 aliphatic heterocycles. The van der Waals surface area contributed by atoms with Crippen molar-refractivity contribution in [3.05, 3.63) is 112 Å². The summed E-state index contributed by atoms with van der Waals surface area (Å²) in [6.07, 6.45) is 0.904. The molecule has 0 amide bonds. The zero-order valence-corrected chi connectivity index (χ0v) is 26.5. The first kappa shape index (κ1) is 31.3. The van der Waals surface area contributed by atoms with E-state index < -0.39 is 11.9 Å². The van der Waals surface area contributed by atoms with Gasteiger partial charge in [0, 0.05) is 34.7 Å². The van der Waals surface area contributed by atoms with Gasteiger partial charge in [-0.3, -0.25) is 4.79 Å². The van der Waals surface area contributed by atoms with E-state index in [1.807, 2.05) is 79.7 Å². The first-order valence-electron chi connectivity index (χ1n) is 14.9. The van der Waals surface area contributed by atoms with Gasteiger partial charge in [0.25, 0.3) is 0 Å². The minimum Gasteiger partial charge on any atom is -0.493 e. The molecule has 8 heteroatoms. The summed E-state index contributed by atoms with van der Waals surface area (Å²) in [6, 6.07) is 23.4. The van der Waals surface area contributed by atoms with E-state index in [0.717, 1.165) is 28.1 Å². The van der Waals surface area contributed by atoms with Gasteiger partial charge >= 0.3 is 5.97 Å². The van der Waals surface area contributed by atoms with Crippen molar-refractivity contribution < 1.29 is 28.5 Å². The van der Waals surface area contributed by atoms with Crippen LogP contribution in [0.1, 0.15) is 55.2 Å². The molecule has 3 aromatic rings. The summed E-state index contributed by atoms with van der Waals surface area (Å²) in [4.78, 5) is 27.9. The number of carbonyl (C=O) groups excluding carboxylic acids is 2. The average Bonchev–Trinajstić information content (AvgIpc) is 3.05. The highest BCUT2D eigenvalue weighted by molar-refractivity contribution is 7.99. The molecule has 44 heavy (non-hydrogen) atoms. The number of Topliss-reactive ketones (excluding diaryl/α,β-unsaturated/α-hetero) is 1. The average molecular weight is 614 g/mol. The number of para-hydroxylation sites is 1. The molecule has 7 nitrogen and oxygen atoms in total. The maximum absolute atomic E-state index is 14.2. The number of methoxy groups -OCH3 is 2. The molecule has 0 unspecified atom stereocenters. The highest BCUT2D eigenvalue weighted by Gasteiger charge is 2.42. The lowest BCUT2D eigenvalue weighted by molar-refractivity contribution is -0.138. The zero-order chi connectivity index (χ0) is 31.1. The van der Waals surface area contributed by atoms with E-state index in [-0.39, 0.29) is 11.7 Å². The van der Waals surface area contributed by atoms with Gasteiger partial charge in [-0.1, -0.05) is 61.5 Å². The molecule has 0 fully saturated rings. The van der Waals surface area contributed by atoms with Crippen LogP contribution in [0.25, 0.3) is 0 Å². The number of hydrogen-bond donors (Lipinski definition) is 1. The van der Waals surface area contributed by atoms with Crippen LogP contribution in [0.2, 0.25) is 0 Å². The fraction of sp³-hybridized carbons (Fsp3) is 0.333. The van der Waals surface area contributed by atoms with Crippen LogP contribution in [-0.2, 0) is 20.9 Å². The predicted molar refractivity (Wildman–Crippen MR) is 173 cm³/mol. The van der Waals surface area contributed by atoms with Crippen LogP contribution >= 0.6 is 11.8 Å². The maximum atomic E-state index is 14.2. The molecule has 0 saturated heterocycles. The Hall–Kier alpha value is -4.17. The van der Waals surface area contributed by atoms with Gasteiger partial charge in [-0.05, 0) is 54.3 Å². The molecule has 0 radical (unpaired) electrons. The molecule has 1 aliphatic carbocycles. The fourth-order valence-corrected chi connectivity index (χ4v) is 6.45. The van der Waals surface area contributed by atoms with Crippen LogP contribution in [0.15, 0.2) is 95.3 Å². The molecule has 5 rings (SSSR count). The van der Waals surface area contributed by atoms with E-state index in [1.54, 1.807) is 26.0 Å². The van der Waals surface area contributed by atoms with E-state index in [0.29, 0.717) is 65.9 Å². The Morgan fingerprint density at radius 3 is 2.43 bits per heavy atom. The molecule has 0 aromatic heterocycles. The molecule has 230 valence electrons. The normalized spacial score (nSPS) is 18.0. The maximum Gasteiger partial charge on any atom is 0.336 e. The summed E-state index contributed by atoms with van der Waals surface area (Å²) in [7, 11) is 3.21. The number of rotatable bonds is 12. The second-order valence-corrected chi connectivity index (χ2v) is 12.2. The smallest absolute Gasteiger partial charge is 0.336 e. The number of ketones is 1. The van der Waals surface area contributed by atoms with Crippen molar-refractivity contribution in [2.45, 2.75) is 45.1 Å². The number of hydrogen-bond acceptors (Lipinski definition) is 8. The van der Waals surface area contributed by atoms with Gasteiger partial charge in [0.05, 0.1) is 25.7 Å². The lowest BCUT2D eigenvalue weighted by atomic mass is 9.71. The van der Waals surface area contributed by atoms with Crippen molar-refractivity contribution in [2.24, 2.45) is 0 Å². The third-order valence-corrected chi connectivity index (χ3v) is 8.92. The van der Waals surface area contributed by atoms with Gasteiger partial charge in [-0.25, -0.2) is 4.79 Å². The Kier molecular flexibility index (Phi) is 10.3. The Balaban J connectivity index is 1.53. The van der Waals surface area contributed by atoms with Crippen LogP contribution in [0.3, 0.4) is 0 Å². The van der Waals surface area contributed by atoms with E-state index in [2.05, 4.69) is 12.2 Å². The van der Waals surface area contributed by atoms with Gasteiger partial charge in [0.15, 0.2) is 17.3 Å². The molecule has 0 saturated carbocycles. The predicted octanol–water partition coefficient (Wildman–Crippen LogP) is 6.94. The Morgan fingerprint density at radius 1 is 0.932 bits per heavy atom. The summed E-state index contributed by atoms with van der Waals surface area (Å²) >= 11 is 1.71. The molecular formula is C36H39NO6S. The van der Waals surface area contributed by atoms with Crippen molar-refractivity contribution in [1.82, 2.24) is 5.32 Å². The van der Waals surface area contributed by atoms with Gasteiger partial charge in [0.1, 0.15) is 19.0 Å². The molecule has 2 aliphatic rings. The number of carbonyl (C=O) groups is 2. The van der Waals surface area contributed by atoms with Crippen molar-refractivity contribution >= 4 is 23.5 Å². The monoisotopic (exact) mass is 613 g/mol. The molecule has 2 atom stereocenters. The van der Waals surface area contributed by atoms with Crippen LogP contribution < -0.4 is 19.5 Å².